The third-order valence-electron chi connectivity index (χ3n) is 4.06. The van der Waals surface area contributed by atoms with Gasteiger partial charge in [0.1, 0.15) is 11.3 Å². The summed E-state index contributed by atoms with van der Waals surface area (Å²) in [6, 6.07) is 11.7. The molecule has 0 amide bonds. The molecule has 26 heavy (non-hydrogen) atoms. The molecule has 0 aliphatic rings. The van der Waals surface area contributed by atoms with Gasteiger partial charge in [0.15, 0.2) is 0 Å². The standard InChI is InChI=1S/C17H17N5O3S/c1-25-15-9-12(10-18)8-14-16(15)22(17(19)21-14)7-6-11-2-4-13(5-3-11)26(20,23)24/h2-5,8-9H,6-7H2,1H3,(H2,19,21)(H2,20,23,24). The van der Waals surface area contributed by atoms with E-state index in [1.165, 1.54) is 19.2 Å². The molecule has 0 fully saturated rings. The van der Waals surface area contributed by atoms with Crippen LogP contribution in [-0.4, -0.2) is 25.1 Å². The minimum Gasteiger partial charge on any atom is -0.494 e. The maximum absolute atomic E-state index is 11.3. The van der Waals surface area contributed by atoms with Crippen LogP contribution in [0.25, 0.3) is 11.0 Å². The Morgan fingerprint density at radius 1 is 1.27 bits per heavy atom. The third-order valence-corrected chi connectivity index (χ3v) is 4.99. The maximum atomic E-state index is 11.3. The molecule has 0 saturated carbocycles. The molecule has 0 radical (unpaired) electrons. The Labute approximate surface area is 150 Å². The molecule has 134 valence electrons. The Morgan fingerprint density at radius 3 is 2.54 bits per heavy atom. The molecule has 4 N–H and O–H groups in total. The number of hydrogen-bond acceptors (Lipinski definition) is 6. The minimum atomic E-state index is -3.71. The Hall–Kier alpha value is -3.09. The number of hydrogen-bond donors (Lipinski definition) is 2. The molecule has 3 aromatic rings. The van der Waals surface area contributed by atoms with Crippen molar-refractivity contribution < 1.29 is 13.2 Å². The predicted molar refractivity (Wildman–Crippen MR) is 96.9 cm³/mol. The molecule has 0 bridgehead atoms. The molecule has 0 aliphatic heterocycles. The van der Waals surface area contributed by atoms with Crippen molar-refractivity contribution in [3.05, 3.63) is 47.5 Å². The second kappa shape index (κ2) is 6.67. The number of aromatic nitrogens is 2. The number of anilines is 1. The van der Waals surface area contributed by atoms with E-state index in [1.807, 2.05) is 4.57 Å². The van der Waals surface area contributed by atoms with E-state index in [0.717, 1.165) is 5.56 Å². The van der Waals surface area contributed by atoms with Gasteiger partial charge in [0, 0.05) is 12.6 Å². The summed E-state index contributed by atoms with van der Waals surface area (Å²) in [6.45, 7) is 0.513. The second-order valence-electron chi connectivity index (χ2n) is 5.72. The van der Waals surface area contributed by atoms with Gasteiger partial charge in [-0.1, -0.05) is 12.1 Å². The molecule has 0 atom stereocenters. The summed E-state index contributed by atoms with van der Waals surface area (Å²) in [5.74, 6) is 0.836. The lowest BCUT2D eigenvalue weighted by Gasteiger charge is -2.10. The Bertz CT molecular complexity index is 1110. The molecule has 0 saturated heterocycles. The molecule has 3 rings (SSSR count). The first-order valence-corrected chi connectivity index (χ1v) is 9.23. The fourth-order valence-corrected chi connectivity index (χ4v) is 3.30. The zero-order valence-corrected chi connectivity index (χ0v) is 14.8. The number of ether oxygens (including phenoxy) is 1. The van der Waals surface area contributed by atoms with Gasteiger partial charge in [-0.3, -0.25) is 0 Å². The summed E-state index contributed by atoms with van der Waals surface area (Å²) in [4.78, 5) is 4.37. The second-order valence-corrected chi connectivity index (χ2v) is 7.28. The molecular formula is C17H17N5O3S. The van der Waals surface area contributed by atoms with E-state index in [2.05, 4.69) is 11.1 Å². The lowest BCUT2D eigenvalue weighted by Crippen LogP contribution is -2.12. The molecule has 9 heteroatoms. The van der Waals surface area contributed by atoms with Crippen LogP contribution in [0.1, 0.15) is 11.1 Å². The first-order valence-electron chi connectivity index (χ1n) is 7.69. The van der Waals surface area contributed by atoms with Crippen LogP contribution in [0.5, 0.6) is 5.75 Å². The van der Waals surface area contributed by atoms with Crippen molar-refractivity contribution in [2.45, 2.75) is 17.9 Å². The van der Waals surface area contributed by atoms with Gasteiger partial charge in [-0.2, -0.15) is 5.26 Å². The normalized spacial score (nSPS) is 11.4. The summed E-state index contributed by atoms with van der Waals surface area (Å²) < 4.78 is 29.8. The van der Waals surface area contributed by atoms with Gasteiger partial charge in [-0.25, -0.2) is 18.5 Å². The molecule has 2 aromatic carbocycles. The highest BCUT2D eigenvalue weighted by molar-refractivity contribution is 7.89. The van der Waals surface area contributed by atoms with Crippen LogP contribution in [0, 0.1) is 11.3 Å². The van der Waals surface area contributed by atoms with Crippen LogP contribution in [-0.2, 0) is 23.0 Å². The monoisotopic (exact) mass is 371 g/mol. The van der Waals surface area contributed by atoms with Crippen LogP contribution >= 0.6 is 0 Å². The fourth-order valence-electron chi connectivity index (χ4n) is 2.78. The van der Waals surface area contributed by atoms with Crippen molar-refractivity contribution >= 4 is 27.0 Å². The number of rotatable bonds is 5. The van der Waals surface area contributed by atoms with Crippen molar-refractivity contribution in [1.29, 1.82) is 5.26 Å². The Morgan fingerprint density at radius 2 is 1.96 bits per heavy atom. The number of sulfonamides is 1. The molecule has 8 nitrogen and oxygen atoms in total. The predicted octanol–water partition coefficient (Wildman–Crippen LogP) is 1.39. The summed E-state index contributed by atoms with van der Waals surface area (Å²) in [6.07, 6.45) is 0.601. The van der Waals surface area contributed by atoms with Crippen LogP contribution < -0.4 is 15.6 Å². The number of aryl methyl sites for hydroxylation is 2. The van der Waals surface area contributed by atoms with E-state index in [9.17, 15) is 8.42 Å². The van der Waals surface area contributed by atoms with E-state index in [1.54, 1.807) is 24.3 Å². The zero-order valence-electron chi connectivity index (χ0n) is 14.0. The maximum Gasteiger partial charge on any atom is 0.238 e. The van der Waals surface area contributed by atoms with Gasteiger partial charge in [0.2, 0.25) is 16.0 Å². The quantitative estimate of drug-likeness (QED) is 0.695. The number of nitrogens with two attached hydrogens (primary N) is 2. The van der Waals surface area contributed by atoms with Crippen molar-refractivity contribution in [2.24, 2.45) is 5.14 Å². The molecule has 0 unspecified atom stereocenters. The highest BCUT2D eigenvalue weighted by Crippen LogP contribution is 2.29. The first-order chi connectivity index (χ1) is 12.3. The van der Waals surface area contributed by atoms with E-state index >= 15 is 0 Å². The molecular weight excluding hydrogens is 354 g/mol. The molecule has 0 aliphatic carbocycles. The van der Waals surface area contributed by atoms with E-state index in [4.69, 9.17) is 20.9 Å². The van der Waals surface area contributed by atoms with Crippen molar-refractivity contribution in [3.63, 3.8) is 0 Å². The van der Waals surface area contributed by atoms with E-state index in [-0.39, 0.29) is 4.90 Å². The SMILES string of the molecule is COc1cc(C#N)cc2nc(N)n(CCc3ccc(S(N)(=O)=O)cc3)c12. The molecule has 1 aromatic heterocycles. The van der Waals surface area contributed by atoms with Crippen LogP contribution in [0.15, 0.2) is 41.3 Å². The van der Waals surface area contributed by atoms with Gasteiger partial charge in [-0.15, -0.1) is 0 Å². The van der Waals surface area contributed by atoms with E-state index in [0.29, 0.717) is 41.3 Å². The largest absolute Gasteiger partial charge is 0.494 e. The zero-order chi connectivity index (χ0) is 18.9. The molecule has 1 heterocycles. The summed E-state index contributed by atoms with van der Waals surface area (Å²) in [7, 11) is -2.18. The number of benzene rings is 2. The topological polar surface area (TPSA) is 137 Å². The van der Waals surface area contributed by atoms with Crippen molar-refractivity contribution in [2.75, 3.05) is 12.8 Å². The van der Waals surface area contributed by atoms with Crippen molar-refractivity contribution in [1.82, 2.24) is 9.55 Å². The van der Waals surface area contributed by atoms with Gasteiger partial charge in [0.05, 0.1) is 29.2 Å². The number of nitriles is 1. The number of nitrogens with zero attached hydrogens (tertiary/aromatic N) is 3. The average Bonchev–Trinajstić information content (AvgIpc) is 2.93. The fraction of sp³-hybridized carbons (Fsp3) is 0.176. The number of methoxy groups -OCH3 is 1. The Balaban J connectivity index is 1.92. The summed E-state index contributed by atoms with van der Waals surface area (Å²) >= 11 is 0. The number of primary sulfonamides is 1. The van der Waals surface area contributed by atoms with Crippen LogP contribution in [0.2, 0.25) is 0 Å². The van der Waals surface area contributed by atoms with E-state index < -0.39 is 10.0 Å². The smallest absolute Gasteiger partial charge is 0.238 e. The summed E-state index contributed by atoms with van der Waals surface area (Å²) in [5, 5.41) is 14.2. The number of fused-ring (bicyclic) bond motifs is 1. The van der Waals surface area contributed by atoms with Gasteiger partial charge in [0.25, 0.3) is 0 Å². The van der Waals surface area contributed by atoms with Gasteiger partial charge < -0.3 is 15.0 Å². The molecule has 0 spiro atoms. The Kier molecular flexibility index (Phi) is 4.54. The lowest BCUT2D eigenvalue weighted by molar-refractivity contribution is 0.417. The minimum absolute atomic E-state index is 0.0690. The first kappa shape index (κ1) is 17.7. The number of imidazole rings is 1. The van der Waals surface area contributed by atoms with Gasteiger partial charge >= 0.3 is 0 Å². The lowest BCUT2D eigenvalue weighted by atomic mass is 10.1. The highest BCUT2D eigenvalue weighted by atomic mass is 32.2. The van der Waals surface area contributed by atoms with Crippen LogP contribution in [0.3, 0.4) is 0 Å². The van der Waals surface area contributed by atoms with Crippen molar-refractivity contribution in [3.8, 4) is 11.8 Å². The summed E-state index contributed by atoms with van der Waals surface area (Å²) in [5.41, 5.74) is 8.70. The third kappa shape index (κ3) is 3.33. The highest BCUT2D eigenvalue weighted by Gasteiger charge is 2.15. The number of nitrogen functional groups attached to an aromatic ring is 1. The van der Waals surface area contributed by atoms with Gasteiger partial charge in [-0.05, 0) is 30.2 Å². The average molecular weight is 371 g/mol. The van der Waals surface area contributed by atoms with Crippen LogP contribution in [0.4, 0.5) is 5.95 Å².